The van der Waals surface area contributed by atoms with Crippen LogP contribution in [-0.2, 0) is 9.59 Å². The van der Waals surface area contributed by atoms with Crippen molar-refractivity contribution < 1.29 is 14.3 Å². The van der Waals surface area contributed by atoms with Crippen LogP contribution >= 0.6 is 0 Å². The number of benzene rings is 1. The Balaban J connectivity index is 2.10. The second-order valence-electron chi connectivity index (χ2n) is 7.32. The molecule has 0 fully saturated rings. The fourth-order valence-corrected chi connectivity index (χ4v) is 2.92. The molecule has 0 saturated heterocycles. The first kappa shape index (κ1) is 25.4. The molecule has 0 radical (unpaired) electrons. The molecule has 6 heteroatoms. The number of hydrazone groups is 1. The van der Waals surface area contributed by atoms with Gasteiger partial charge in [0.25, 0.3) is 5.91 Å². The highest BCUT2D eigenvalue weighted by Crippen LogP contribution is 2.12. The minimum atomic E-state index is -0.356. The monoisotopic (exact) mass is 415 g/mol. The summed E-state index contributed by atoms with van der Waals surface area (Å²) in [6, 6.07) is 7.34. The zero-order chi connectivity index (χ0) is 21.9. The van der Waals surface area contributed by atoms with Gasteiger partial charge in [-0.25, -0.2) is 5.43 Å². The van der Waals surface area contributed by atoms with Crippen molar-refractivity contribution in [2.75, 3.05) is 13.2 Å². The number of hydrogen-bond acceptors (Lipinski definition) is 4. The summed E-state index contributed by atoms with van der Waals surface area (Å²) in [5.41, 5.74) is 3.21. The smallest absolute Gasteiger partial charge is 0.259 e. The summed E-state index contributed by atoms with van der Waals surface area (Å²) in [4.78, 5) is 23.6. The summed E-state index contributed by atoms with van der Waals surface area (Å²) in [7, 11) is 0. The average Bonchev–Trinajstić information content (AvgIpc) is 2.75. The largest absolute Gasteiger partial charge is 0.490 e. The molecule has 1 aromatic rings. The molecule has 6 nitrogen and oxygen atoms in total. The second-order valence-corrected chi connectivity index (χ2v) is 7.32. The number of ether oxygens (including phenoxy) is 1. The Hall–Kier alpha value is -2.63. The van der Waals surface area contributed by atoms with Gasteiger partial charge in [-0.2, -0.15) is 5.10 Å². The van der Waals surface area contributed by atoms with Crippen molar-refractivity contribution >= 4 is 18.0 Å². The summed E-state index contributed by atoms with van der Waals surface area (Å²) in [5, 5.41) is 6.55. The number of rotatable bonds is 17. The minimum absolute atomic E-state index is 0.0733. The van der Waals surface area contributed by atoms with Crippen LogP contribution in [0, 0.1) is 0 Å². The van der Waals surface area contributed by atoms with Crippen molar-refractivity contribution in [3.8, 4) is 5.75 Å². The van der Waals surface area contributed by atoms with Crippen LogP contribution in [0.3, 0.4) is 0 Å². The summed E-state index contributed by atoms with van der Waals surface area (Å²) >= 11 is 0. The molecule has 0 aliphatic heterocycles. The predicted octanol–water partition coefficient (Wildman–Crippen LogP) is 4.74. The molecule has 30 heavy (non-hydrogen) atoms. The normalized spacial score (nSPS) is 10.7. The first-order chi connectivity index (χ1) is 14.7. The second kappa shape index (κ2) is 17.2. The van der Waals surface area contributed by atoms with Crippen LogP contribution in [-0.4, -0.2) is 31.2 Å². The lowest BCUT2D eigenvalue weighted by atomic mass is 10.1. The zero-order valence-electron chi connectivity index (χ0n) is 18.3. The van der Waals surface area contributed by atoms with Gasteiger partial charge >= 0.3 is 0 Å². The standard InChI is InChI=1S/C24H37N3O3/c1-3-5-6-7-8-9-10-11-12-16-23(28)25-20-24(29)27-26-19-21-14-13-15-22(18-21)30-17-4-2/h4,13-15,18-19H,2-3,5-12,16-17,20H2,1H3,(H,25,28)(H,27,29). The summed E-state index contributed by atoms with van der Waals surface area (Å²) in [6.07, 6.45) is 14.6. The van der Waals surface area contributed by atoms with Gasteiger partial charge < -0.3 is 10.1 Å². The third-order valence-electron chi connectivity index (χ3n) is 4.58. The predicted molar refractivity (Wildman–Crippen MR) is 123 cm³/mol. The van der Waals surface area contributed by atoms with Gasteiger partial charge in [-0.3, -0.25) is 9.59 Å². The van der Waals surface area contributed by atoms with Gasteiger partial charge in [0.05, 0.1) is 12.8 Å². The van der Waals surface area contributed by atoms with Crippen LogP contribution in [0.15, 0.2) is 42.0 Å². The third-order valence-corrected chi connectivity index (χ3v) is 4.58. The molecule has 0 heterocycles. The van der Waals surface area contributed by atoms with Crippen LogP contribution in [0.25, 0.3) is 0 Å². The minimum Gasteiger partial charge on any atom is -0.490 e. The van der Waals surface area contributed by atoms with E-state index in [4.69, 9.17) is 4.74 Å². The lowest BCUT2D eigenvalue weighted by Gasteiger charge is -2.05. The lowest BCUT2D eigenvalue weighted by molar-refractivity contribution is -0.126. The fraction of sp³-hybridized carbons (Fsp3) is 0.542. The van der Waals surface area contributed by atoms with Crippen LogP contribution < -0.4 is 15.5 Å². The van der Waals surface area contributed by atoms with Crippen molar-refractivity contribution in [2.24, 2.45) is 5.10 Å². The Morgan fingerprint density at radius 3 is 2.43 bits per heavy atom. The van der Waals surface area contributed by atoms with E-state index in [-0.39, 0.29) is 18.4 Å². The van der Waals surface area contributed by atoms with Gasteiger partial charge in [-0.15, -0.1) is 0 Å². The molecule has 2 amide bonds. The van der Waals surface area contributed by atoms with E-state index in [2.05, 4.69) is 29.3 Å². The van der Waals surface area contributed by atoms with Gasteiger partial charge in [-0.1, -0.05) is 83.1 Å². The van der Waals surface area contributed by atoms with Gasteiger partial charge in [0, 0.05) is 6.42 Å². The number of amides is 2. The molecule has 0 unspecified atom stereocenters. The maximum Gasteiger partial charge on any atom is 0.259 e. The van der Waals surface area contributed by atoms with Crippen LogP contribution in [0.1, 0.15) is 76.7 Å². The molecule has 1 rings (SSSR count). The number of carbonyl (C=O) groups is 2. The molecule has 0 bridgehead atoms. The van der Waals surface area contributed by atoms with Crippen molar-refractivity contribution in [1.82, 2.24) is 10.7 Å². The van der Waals surface area contributed by atoms with E-state index in [1.165, 1.54) is 51.2 Å². The fourth-order valence-electron chi connectivity index (χ4n) is 2.92. The van der Waals surface area contributed by atoms with Crippen LogP contribution in [0.4, 0.5) is 0 Å². The molecule has 0 aliphatic rings. The Bertz CT molecular complexity index is 659. The Labute approximate surface area is 181 Å². The SMILES string of the molecule is C=CCOc1cccc(C=NNC(=O)CNC(=O)CCCCCCCCCCC)c1. The Morgan fingerprint density at radius 2 is 1.73 bits per heavy atom. The van der Waals surface area contributed by atoms with Crippen molar-refractivity contribution in [3.63, 3.8) is 0 Å². The highest BCUT2D eigenvalue weighted by atomic mass is 16.5. The van der Waals surface area contributed by atoms with E-state index in [1.807, 2.05) is 24.3 Å². The molecule has 0 aromatic heterocycles. The number of nitrogens with zero attached hydrogens (tertiary/aromatic N) is 1. The highest BCUT2D eigenvalue weighted by molar-refractivity contribution is 5.86. The molecule has 2 N–H and O–H groups in total. The van der Waals surface area contributed by atoms with Gasteiger partial charge in [-0.05, 0) is 24.1 Å². The molecule has 166 valence electrons. The first-order valence-corrected chi connectivity index (χ1v) is 11.1. The van der Waals surface area contributed by atoms with Crippen LogP contribution in [0.2, 0.25) is 0 Å². The third kappa shape index (κ3) is 13.5. The lowest BCUT2D eigenvalue weighted by Crippen LogP contribution is -2.34. The topological polar surface area (TPSA) is 79.8 Å². The van der Waals surface area contributed by atoms with E-state index in [9.17, 15) is 9.59 Å². The Kier molecular flexibility index (Phi) is 14.6. The molecule has 0 saturated carbocycles. The van der Waals surface area contributed by atoms with Gasteiger partial charge in [0.15, 0.2) is 0 Å². The number of nitrogens with one attached hydrogen (secondary N) is 2. The molecule has 0 spiro atoms. The number of hydrogen-bond donors (Lipinski definition) is 2. The van der Waals surface area contributed by atoms with Crippen molar-refractivity contribution in [1.29, 1.82) is 0 Å². The summed E-state index contributed by atoms with van der Waals surface area (Å²) in [6.45, 7) is 6.19. The average molecular weight is 416 g/mol. The maximum absolute atomic E-state index is 11.8. The maximum atomic E-state index is 11.8. The van der Waals surface area contributed by atoms with E-state index in [0.717, 1.165) is 18.4 Å². The molecular formula is C24H37N3O3. The van der Waals surface area contributed by atoms with Gasteiger partial charge in [0.2, 0.25) is 5.91 Å². The number of unbranched alkanes of at least 4 members (excludes halogenated alkanes) is 8. The van der Waals surface area contributed by atoms with E-state index < -0.39 is 0 Å². The first-order valence-electron chi connectivity index (χ1n) is 11.1. The molecule has 1 aromatic carbocycles. The van der Waals surface area contributed by atoms with Crippen molar-refractivity contribution in [3.05, 3.63) is 42.5 Å². The van der Waals surface area contributed by atoms with E-state index >= 15 is 0 Å². The highest BCUT2D eigenvalue weighted by Gasteiger charge is 2.04. The Morgan fingerprint density at radius 1 is 1.03 bits per heavy atom. The zero-order valence-corrected chi connectivity index (χ0v) is 18.3. The van der Waals surface area contributed by atoms with E-state index in [0.29, 0.717) is 18.8 Å². The molecular weight excluding hydrogens is 378 g/mol. The summed E-state index contributed by atoms with van der Waals surface area (Å²) < 4.78 is 5.45. The van der Waals surface area contributed by atoms with Gasteiger partial charge in [0.1, 0.15) is 12.4 Å². The van der Waals surface area contributed by atoms with E-state index in [1.54, 1.807) is 6.08 Å². The molecule has 0 atom stereocenters. The summed E-state index contributed by atoms with van der Waals surface area (Å²) in [5.74, 6) is 0.254. The number of carbonyl (C=O) groups excluding carboxylic acids is 2. The molecule has 0 aliphatic carbocycles. The quantitative estimate of drug-likeness (QED) is 0.167. The van der Waals surface area contributed by atoms with Crippen LogP contribution in [0.5, 0.6) is 5.75 Å². The van der Waals surface area contributed by atoms with Crippen molar-refractivity contribution in [2.45, 2.75) is 71.1 Å².